The van der Waals surface area contributed by atoms with Crippen LogP contribution in [0, 0.1) is 0 Å². The van der Waals surface area contributed by atoms with E-state index in [0.29, 0.717) is 12.8 Å². The minimum atomic E-state index is -0.670. The molecule has 16 heavy (non-hydrogen) atoms. The van der Waals surface area contributed by atoms with E-state index in [-0.39, 0.29) is 0 Å². The topological polar surface area (TPSA) is 69.0 Å². The molecular formula is C12H15N3O. The highest BCUT2D eigenvalue weighted by molar-refractivity contribution is 5.20. The Bertz CT molecular complexity index is 371. The first-order valence-electron chi connectivity index (χ1n) is 5.17. The van der Waals surface area contributed by atoms with Crippen LogP contribution in [0.5, 0.6) is 0 Å². The maximum absolute atomic E-state index is 9.91. The molecule has 0 aromatic heterocycles. The Balaban J connectivity index is 2.82. The largest absolute Gasteiger partial charge is 0.392 e. The van der Waals surface area contributed by atoms with Gasteiger partial charge >= 0.3 is 0 Å². The van der Waals surface area contributed by atoms with Crippen molar-refractivity contribution in [3.05, 3.63) is 59.0 Å². The monoisotopic (exact) mass is 217 g/mol. The lowest BCUT2D eigenvalue weighted by Crippen LogP contribution is -2.16. The lowest BCUT2D eigenvalue weighted by Gasteiger charge is -2.17. The molecule has 2 atom stereocenters. The summed E-state index contributed by atoms with van der Waals surface area (Å²) in [5.41, 5.74) is 9.33. The minimum Gasteiger partial charge on any atom is -0.392 e. The Morgan fingerprint density at radius 3 is 2.69 bits per heavy atom. The molecule has 0 aliphatic carbocycles. The molecule has 1 aromatic rings. The fourth-order valence-corrected chi connectivity index (χ4v) is 1.52. The summed E-state index contributed by atoms with van der Waals surface area (Å²) >= 11 is 0. The summed E-state index contributed by atoms with van der Waals surface area (Å²) in [5.74, 6) is 0. The van der Waals surface area contributed by atoms with Gasteiger partial charge in [-0.3, -0.25) is 0 Å². The van der Waals surface area contributed by atoms with Gasteiger partial charge in [0.1, 0.15) is 0 Å². The Morgan fingerprint density at radius 2 is 2.12 bits per heavy atom. The Kier molecular flexibility index (Phi) is 5.12. The molecule has 0 heterocycles. The molecule has 1 aromatic carbocycles. The second-order valence-electron chi connectivity index (χ2n) is 3.49. The quantitative estimate of drug-likeness (QED) is 0.337. The lowest BCUT2D eigenvalue weighted by atomic mass is 9.99. The van der Waals surface area contributed by atoms with E-state index in [1.54, 1.807) is 6.08 Å². The number of aliphatic hydroxyl groups is 1. The summed E-state index contributed by atoms with van der Waals surface area (Å²) in [6.45, 7) is 3.60. The van der Waals surface area contributed by atoms with Gasteiger partial charge in [-0.05, 0) is 23.9 Å². The molecular weight excluding hydrogens is 202 g/mol. The number of benzene rings is 1. The standard InChI is InChI=1S/C12H15N3O/c1-2-3-9-11(16)12(14-15-13)10-7-5-4-6-8-10/h2,4-8,11-12,16H,1,3,9H2/t11-,12-/m0/s1. The number of hydrogen-bond acceptors (Lipinski definition) is 2. The predicted molar refractivity (Wildman–Crippen MR) is 63.8 cm³/mol. The minimum absolute atomic E-state index is 0.522. The normalized spacial score (nSPS) is 13.6. The number of aliphatic hydroxyl groups excluding tert-OH is 1. The smallest absolute Gasteiger partial charge is 0.0884 e. The van der Waals surface area contributed by atoms with Crippen LogP contribution in [0.1, 0.15) is 24.4 Å². The molecule has 0 aliphatic rings. The summed E-state index contributed by atoms with van der Waals surface area (Å²) in [6, 6.07) is 8.76. The predicted octanol–water partition coefficient (Wildman–Crippen LogP) is 3.37. The van der Waals surface area contributed by atoms with Gasteiger partial charge in [0.05, 0.1) is 12.1 Å². The molecule has 4 heteroatoms. The number of allylic oxidation sites excluding steroid dienone is 1. The Hall–Kier alpha value is -1.77. The molecule has 0 fully saturated rings. The van der Waals surface area contributed by atoms with E-state index in [0.717, 1.165) is 5.56 Å². The van der Waals surface area contributed by atoms with E-state index < -0.39 is 12.1 Å². The van der Waals surface area contributed by atoms with Crippen molar-refractivity contribution < 1.29 is 5.11 Å². The van der Waals surface area contributed by atoms with Gasteiger partial charge in [0.25, 0.3) is 0 Å². The van der Waals surface area contributed by atoms with Gasteiger partial charge in [0.2, 0.25) is 0 Å². The molecule has 1 rings (SSSR count). The molecule has 0 aliphatic heterocycles. The van der Waals surface area contributed by atoms with Crippen molar-refractivity contribution >= 4 is 0 Å². The van der Waals surface area contributed by atoms with Gasteiger partial charge < -0.3 is 5.11 Å². The first kappa shape index (κ1) is 12.3. The van der Waals surface area contributed by atoms with Crippen molar-refractivity contribution in [2.24, 2.45) is 5.11 Å². The number of nitrogens with zero attached hydrogens (tertiary/aromatic N) is 3. The first-order valence-corrected chi connectivity index (χ1v) is 5.17. The van der Waals surface area contributed by atoms with Crippen LogP contribution in [-0.2, 0) is 0 Å². The van der Waals surface area contributed by atoms with Crippen LogP contribution in [0.4, 0.5) is 0 Å². The van der Waals surface area contributed by atoms with E-state index in [1.165, 1.54) is 0 Å². The summed E-state index contributed by atoms with van der Waals surface area (Å²) in [7, 11) is 0. The summed E-state index contributed by atoms with van der Waals surface area (Å²) in [6.07, 6.45) is 2.31. The van der Waals surface area contributed by atoms with Crippen LogP contribution in [0.15, 0.2) is 48.1 Å². The Labute approximate surface area is 94.9 Å². The summed E-state index contributed by atoms with van der Waals surface area (Å²) < 4.78 is 0. The molecule has 84 valence electrons. The average Bonchev–Trinajstić information content (AvgIpc) is 2.34. The highest BCUT2D eigenvalue weighted by Crippen LogP contribution is 2.24. The molecule has 0 unspecified atom stereocenters. The number of rotatable bonds is 6. The maximum atomic E-state index is 9.91. The lowest BCUT2D eigenvalue weighted by molar-refractivity contribution is 0.136. The van der Waals surface area contributed by atoms with Gasteiger partial charge in [0, 0.05) is 4.91 Å². The molecule has 0 radical (unpaired) electrons. The maximum Gasteiger partial charge on any atom is 0.0884 e. The molecule has 4 nitrogen and oxygen atoms in total. The van der Waals surface area contributed by atoms with Crippen LogP contribution in [0.2, 0.25) is 0 Å². The van der Waals surface area contributed by atoms with Gasteiger partial charge in [-0.15, -0.1) is 6.58 Å². The average molecular weight is 217 g/mol. The number of azide groups is 1. The molecule has 1 N–H and O–H groups in total. The zero-order valence-electron chi connectivity index (χ0n) is 9.03. The molecule has 0 saturated carbocycles. The van der Waals surface area contributed by atoms with Crippen molar-refractivity contribution in [3.63, 3.8) is 0 Å². The SMILES string of the molecule is C=CCC[C@H](O)[C@@H](N=[N+]=[N-])c1ccccc1. The molecule has 0 saturated heterocycles. The zero-order valence-corrected chi connectivity index (χ0v) is 9.03. The van der Waals surface area contributed by atoms with E-state index in [1.807, 2.05) is 30.3 Å². The van der Waals surface area contributed by atoms with E-state index in [4.69, 9.17) is 5.53 Å². The van der Waals surface area contributed by atoms with Crippen LogP contribution in [0.25, 0.3) is 10.4 Å². The van der Waals surface area contributed by atoms with Crippen LogP contribution in [0.3, 0.4) is 0 Å². The van der Waals surface area contributed by atoms with Gasteiger partial charge in [-0.2, -0.15) is 0 Å². The third-order valence-corrected chi connectivity index (χ3v) is 2.35. The molecule has 0 bridgehead atoms. The van der Waals surface area contributed by atoms with Crippen molar-refractivity contribution in [1.29, 1.82) is 0 Å². The van der Waals surface area contributed by atoms with E-state index in [2.05, 4.69) is 16.6 Å². The van der Waals surface area contributed by atoms with Crippen LogP contribution in [-0.4, -0.2) is 11.2 Å². The fourth-order valence-electron chi connectivity index (χ4n) is 1.52. The Morgan fingerprint density at radius 1 is 1.44 bits per heavy atom. The van der Waals surface area contributed by atoms with Crippen molar-refractivity contribution in [2.75, 3.05) is 0 Å². The summed E-state index contributed by atoms with van der Waals surface area (Å²) in [4.78, 5) is 2.78. The van der Waals surface area contributed by atoms with Crippen molar-refractivity contribution in [1.82, 2.24) is 0 Å². The van der Waals surface area contributed by atoms with Crippen LogP contribution < -0.4 is 0 Å². The van der Waals surface area contributed by atoms with Gasteiger partial charge in [0.15, 0.2) is 0 Å². The highest BCUT2D eigenvalue weighted by Gasteiger charge is 2.18. The second kappa shape index (κ2) is 6.67. The fraction of sp³-hybridized carbons (Fsp3) is 0.333. The molecule has 0 spiro atoms. The third kappa shape index (κ3) is 3.42. The van der Waals surface area contributed by atoms with E-state index >= 15 is 0 Å². The van der Waals surface area contributed by atoms with Gasteiger partial charge in [-0.1, -0.05) is 41.5 Å². The summed E-state index contributed by atoms with van der Waals surface area (Å²) in [5, 5.41) is 13.6. The first-order chi connectivity index (χ1) is 7.79. The second-order valence-corrected chi connectivity index (χ2v) is 3.49. The molecule has 0 amide bonds. The highest BCUT2D eigenvalue weighted by atomic mass is 16.3. The number of hydrogen-bond donors (Lipinski definition) is 1. The van der Waals surface area contributed by atoms with E-state index in [9.17, 15) is 5.11 Å². The third-order valence-electron chi connectivity index (χ3n) is 2.35. The van der Waals surface area contributed by atoms with Crippen molar-refractivity contribution in [2.45, 2.75) is 25.0 Å². The van der Waals surface area contributed by atoms with Crippen molar-refractivity contribution in [3.8, 4) is 0 Å². The van der Waals surface area contributed by atoms with Crippen LogP contribution >= 0.6 is 0 Å². The zero-order chi connectivity index (χ0) is 11.8. The van der Waals surface area contributed by atoms with Gasteiger partial charge in [-0.25, -0.2) is 0 Å².